The van der Waals surface area contributed by atoms with Crippen molar-refractivity contribution in [3.05, 3.63) is 29.3 Å². The van der Waals surface area contributed by atoms with Gasteiger partial charge in [0, 0.05) is 13.1 Å². The molecular formula is C18H25NO3. The highest BCUT2D eigenvalue weighted by Crippen LogP contribution is 2.39. The first kappa shape index (κ1) is 15.3. The van der Waals surface area contributed by atoms with Crippen LogP contribution in [0.5, 0.6) is 5.75 Å². The molecule has 1 saturated heterocycles. The number of likely N-dealkylation sites (tertiary alicyclic amines) is 1. The van der Waals surface area contributed by atoms with Gasteiger partial charge in [-0.25, -0.2) is 0 Å². The molecule has 0 aromatic heterocycles. The molecule has 4 heteroatoms. The Hall–Kier alpha value is -1.55. The van der Waals surface area contributed by atoms with Crippen LogP contribution < -0.4 is 4.74 Å². The summed E-state index contributed by atoms with van der Waals surface area (Å²) in [5.74, 6) is 0.293. The van der Waals surface area contributed by atoms with Gasteiger partial charge in [0.1, 0.15) is 17.4 Å². The van der Waals surface area contributed by atoms with Crippen LogP contribution in [0.4, 0.5) is 0 Å². The van der Waals surface area contributed by atoms with Crippen molar-refractivity contribution >= 4 is 5.97 Å². The summed E-state index contributed by atoms with van der Waals surface area (Å²) >= 11 is 0. The number of carboxylic acid groups (broad SMARTS) is 1. The molecule has 1 aromatic carbocycles. The Morgan fingerprint density at radius 3 is 2.73 bits per heavy atom. The Morgan fingerprint density at radius 2 is 2.09 bits per heavy atom. The highest BCUT2D eigenvalue weighted by Gasteiger charge is 2.40. The minimum absolute atomic E-state index is 0.0878. The summed E-state index contributed by atoms with van der Waals surface area (Å²) in [6.45, 7) is 5.54. The molecule has 3 rings (SSSR count). The van der Waals surface area contributed by atoms with Crippen LogP contribution in [0.1, 0.15) is 44.2 Å². The van der Waals surface area contributed by atoms with Gasteiger partial charge in [-0.2, -0.15) is 0 Å². The largest absolute Gasteiger partial charge is 0.487 e. The number of aliphatic carboxylic acids is 1. The number of hydrogen-bond acceptors (Lipinski definition) is 3. The van der Waals surface area contributed by atoms with Crippen molar-refractivity contribution < 1.29 is 14.6 Å². The van der Waals surface area contributed by atoms with E-state index in [-0.39, 0.29) is 5.60 Å². The lowest BCUT2D eigenvalue weighted by molar-refractivity contribution is -0.144. The normalized spacial score (nSPS) is 21.9. The lowest BCUT2D eigenvalue weighted by Gasteiger charge is -2.45. The summed E-state index contributed by atoms with van der Waals surface area (Å²) in [5, 5.41) is 9.14. The van der Waals surface area contributed by atoms with E-state index in [1.54, 1.807) is 6.92 Å². The number of ether oxygens (including phenoxy) is 1. The molecule has 1 aromatic rings. The second-order valence-corrected chi connectivity index (χ2v) is 6.63. The second kappa shape index (κ2) is 5.92. The van der Waals surface area contributed by atoms with E-state index in [4.69, 9.17) is 9.84 Å². The molecule has 0 amide bonds. The van der Waals surface area contributed by atoms with Gasteiger partial charge in [0.2, 0.25) is 0 Å². The van der Waals surface area contributed by atoms with Gasteiger partial charge in [0.05, 0.1) is 0 Å². The zero-order valence-corrected chi connectivity index (χ0v) is 13.5. The lowest BCUT2D eigenvalue weighted by Crippen LogP contribution is -2.53. The molecule has 0 radical (unpaired) electrons. The smallest absolute Gasteiger partial charge is 0.320 e. The third kappa shape index (κ3) is 2.84. The van der Waals surface area contributed by atoms with Crippen LogP contribution in [0, 0.1) is 0 Å². The average Bonchev–Trinajstić information content (AvgIpc) is 2.54. The van der Waals surface area contributed by atoms with E-state index in [1.807, 2.05) is 4.90 Å². The van der Waals surface area contributed by atoms with Gasteiger partial charge in [0.25, 0.3) is 0 Å². The van der Waals surface area contributed by atoms with Crippen LogP contribution in [0.15, 0.2) is 18.2 Å². The van der Waals surface area contributed by atoms with Gasteiger partial charge in [0.15, 0.2) is 0 Å². The minimum atomic E-state index is -0.738. The van der Waals surface area contributed by atoms with Gasteiger partial charge in [-0.05, 0) is 56.2 Å². The number of rotatable bonds is 3. The van der Waals surface area contributed by atoms with Crippen LogP contribution in [0.2, 0.25) is 0 Å². The number of fused-ring (bicyclic) bond motifs is 1. The molecule has 4 nitrogen and oxygen atoms in total. The predicted octanol–water partition coefficient (Wildman–Crippen LogP) is 2.88. The molecule has 120 valence electrons. The maximum Gasteiger partial charge on any atom is 0.320 e. The number of hydrogen-bond donors (Lipinski definition) is 1. The Bertz CT molecular complexity index is 561. The summed E-state index contributed by atoms with van der Waals surface area (Å²) in [7, 11) is 0. The quantitative estimate of drug-likeness (QED) is 0.933. The second-order valence-electron chi connectivity index (χ2n) is 6.63. The summed E-state index contributed by atoms with van der Waals surface area (Å²) in [6.07, 6.45) is 5.00. The van der Waals surface area contributed by atoms with Gasteiger partial charge < -0.3 is 9.84 Å². The molecule has 2 heterocycles. The monoisotopic (exact) mass is 303 g/mol. The van der Waals surface area contributed by atoms with Crippen molar-refractivity contribution in [3.63, 3.8) is 0 Å². The van der Waals surface area contributed by atoms with Crippen LogP contribution in [0.25, 0.3) is 0 Å². The van der Waals surface area contributed by atoms with Crippen molar-refractivity contribution in [1.82, 2.24) is 4.90 Å². The van der Waals surface area contributed by atoms with Gasteiger partial charge in [-0.1, -0.05) is 19.1 Å². The van der Waals surface area contributed by atoms with E-state index in [9.17, 15) is 4.79 Å². The summed E-state index contributed by atoms with van der Waals surface area (Å²) < 4.78 is 6.37. The summed E-state index contributed by atoms with van der Waals surface area (Å²) in [5.41, 5.74) is 2.60. The van der Waals surface area contributed by atoms with Crippen LogP contribution in [0.3, 0.4) is 0 Å². The van der Waals surface area contributed by atoms with E-state index < -0.39 is 12.0 Å². The van der Waals surface area contributed by atoms with Crippen molar-refractivity contribution in [3.8, 4) is 5.75 Å². The molecule has 2 aliphatic rings. The average molecular weight is 303 g/mol. The van der Waals surface area contributed by atoms with Crippen molar-refractivity contribution in [2.75, 3.05) is 13.1 Å². The zero-order valence-electron chi connectivity index (χ0n) is 13.5. The highest BCUT2D eigenvalue weighted by molar-refractivity contribution is 5.72. The fraction of sp³-hybridized carbons (Fsp3) is 0.611. The lowest BCUT2D eigenvalue weighted by atomic mass is 9.82. The Morgan fingerprint density at radius 1 is 1.36 bits per heavy atom. The first-order chi connectivity index (χ1) is 10.5. The van der Waals surface area contributed by atoms with Gasteiger partial charge >= 0.3 is 5.97 Å². The first-order valence-electron chi connectivity index (χ1n) is 8.31. The SMILES string of the molecule is CCc1ccc2c(c1)CCC1(CCN(C(C)C(=O)O)CC1)O2. The molecule has 0 aliphatic carbocycles. The standard InChI is InChI=1S/C18H25NO3/c1-3-14-4-5-16-15(12-14)6-7-18(22-16)8-10-19(11-9-18)13(2)17(20)21/h4-5,12-13H,3,6-11H2,1-2H3,(H,20,21). The number of nitrogens with zero attached hydrogens (tertiary/aromatic N) is 1. The van der Waals surface area contributed by atoms with Gasteiger partial charge in [-0.15, -0.1) is 0 Å². The molecular weight excluding hydrogens is 278 g/mol. The van der Waals surface area contributed by atoms with Crippen molar-refractivity contribution in [2.45, 2.75) is 57.6 Å². The maximum atomic E-state index is 11.1. The van der Waals surface area contributed by atoms with Gasteiger partial charge in [-0.3, -0.25) is 9.69 Å². The molecule has 1 spiro atoms. The van der Waals surface area contributed by atoms with E-state index in [0.29, 0.717) is 0 Å². The third-order valence-electron chi connectivity index (χ3n) is 5.32. The molecule has 1 unspecified atom stereocenters. The number of piperidine rings is 1. The van der Waals surface area contributed by atoms with Crippen LogP contribution in [-0.4, -0.2) is 40.7 Å². The van der Waals surface area contributed by atoms with E-state index in [1.165, 1.54) is 11.1 Å². The number of carboxylic acids is 1. The molecule has 0 bridgehead atoms. The van der Waals surface area contributed by atoms with Crippen molar-refractivity contribution in [2.24, 2.45) is 0 Å². The molecule has 22 heavy (non-hydrogen) atoms. The first-order valence-corrected chi connectivity index (χ1v) is 8.31. The molecule has 2 aliphatic heterocycles. The molecule has 1 fully saturated rings. The summed E-state index contributed by atoms with van der Waals surface area (Å²) in [4.78, 5) is 13.2. The molecule has 1 N–H and O–H groups in total. The number of carbonyl (C=O) groups is 1. The Labute approximate surface area is 132 Å². The Kier molecular flexibility index (Phi) is 4.13. The summed E-state index contributed by atoms with van der Waals surface area (Å²) in [6, 6.07) is 6.13. The third-order valence-corrected chi connectivity index (χ3v) is 5.32. The van der Waals surface area contributed by atoms with Crippen LogP contribution >= 0.6 is 0 Å². The highest BCUT2D eigenvalue weighted by atomic mass is 16.5. The van der Waals surface area contributed by atoms with E-state index >= 15 is 0 Å². The zero-order chi connectivity index (χ0) is 15.7. The fourth-order valence-electron chi connectivity index (χ4n) is 3.62. The topological polar surface area (TPSA) is 49.8 Å². The predicted molar refractivity (Wildman–Crippen MR) is 85.4 cm³/mol. The number of benzene rings is 1. The maximum absolute atomic E-state index is 11.1. The van der Waals surface area contributed by atoms with E-state index in [0.717, 1.165) is 50.9 Å². The Balaban J connectivity index is 1.68. The molecule has 0 saturated carbocycles. The molecule has 1 atom stereocenters. The number of aryl methyl sites for hydroxylation is 2. The van der Waals surface area contributed by atoms with E-state index in [2.05, 4.69) is 25.1 Å². The van der Waals surface area contributed by atoms with Crippen LogP contribution in [-0.2, 0) is 17.6 Å². The van der Waals surface area contributed by atoms with Crippen molar-refractivity contribution in [1.29, 1.82) is 0 Å². The minimum Gasteiger partial charge on any atom is -0.487 e. The fourth-order valence-corrected chi connectivity index (χ4v) is 3.62.